The molecular formula is C29H28ClN3O3. The Morgan fingerprint density at radius 3 is 2.39 bits per heavy atom. The minimum absolute atomic E-state index is 0.0988. The van der Waals surface area contributed by atoms with Crippen LogP contribution >= 0.6 is 11.6 Å². The van der Waals surface area contributed by atoms with Crippen LogP contribution in [0, 0.1) is 5.92 Å². The lowest BCUT2D eigenvalue weighted by Gasteiger charge is -2.29. The summed E-state index contributed by atoms with van der Waals surface area (Å²) in [5, 5.41) is 10.0. The lowest BCUT2D eigenvalue weighted by atomic mass is 9.77. The molecule has 0 spiro atoms. The molecule has 0 aromatic heterocycles. The van der Waals surface area contributed by atoms with Gasteiger partial charge in [0.05, 0.1) is 26.0 Å². The summed E-state index contributed by atoms with van der Waals surface area (Å²) >= 11 is 6.14. The van der Waals surface area contributed by atoms with Gasteiger partial charge in [0.25, 0.3) is 0 Å². The molecule has 1 heterocycles. The maximum atomic E-state index is 13.5. The van der Waals surface area contributed by atoms with Gasteiger partial charge in [-0.3, -0.25) is 0 Å². The number of ether oxygens (including phenoxy) is 2. The minimum atomic E-state index is -0.288. The summed E-state index contributed by atoms with van der Waals surface area (Å²) < 4.78 is 10.6. The Hall–Kier alpha value is -3.77. The molecule has 184 valence electrons. The summed E-state index contributed by atoms with van der Waals surface area (Å²) in [6.07, 6.45) is 5.08. The molecule has 1 aliphatic carbocycles. The highest BCUT2D eigenvalue weighted by Crippen LogP contribution is 2.45. The second kappa shape index (κ2) is 10.5. The minimum Gasteiger partial charge on any atom is -0.497 e. The predicted octanol–water partition coefficient (Wildman–Crippen LogP) is 7.19. The van der Waals surface area contributed by atoms with Gasteiger partial charge in [-0.25, -0.2) is 9.80 Å². The standard InChI is InChI=1S/C29H28ClN3O3/c1-35-24-13-9-19(10-14-24)17-21-5-3-8-26-27(21)32-33(28(26)20-11-15-25(36-2)16-12-20)29(34)31-23-7-4-6-22(30)18-23/h4,6-7,9-18,26,28H,3,5,8H2,1-2H3,(H,31,34)/b21-17-/t26-,28+/m0/s1. The molecule has 1 saturated carbocycles. The summed E-state index contributed by atoms with van der Waals surface area (Å²) in [7, 11) is 3.31. The molecule has 1 N–H and O–H groups in total. The third-order valence-corrected chi connectivity index (χ3v) is 6.93. The van der Waals surface area contributed by atoms with Crippen LogP contribution in [0.2, 0.25) is 5.02 Å². The van der Waals surface area contributed by atoms with Gasteiger partial charge in [-0.05, 0) is 84.5 Å². The average molecular weight is 502 g/mol. The van der Waals surface area contributed by atoms with Crippen molar-refractivity contribution >= 4 is 35.1 Å². The monoisotopic (exact) mass is 501 g/mol. The van der Waals surface area contributed by atoms with Crippen LogP contribution in [0.1, 0.15) is 36.4 Å². The van der Waals surface area contributed by atoms with Gasteiger partial charge in [-0.15, -0.1) is 0 Å². The van der Waals surface area contributed by atoms with Crippen LogP contribution in [0.5, 0.6) is 11.5 Å². The van der Waals surface area contributed by atoms with Gasteiger partial charge in [0.15, 0.2) is 0 Å². The Balaban J connectivity index is 1.51. The summed E-state index contributed by atoms with van der Waals surface area (Å²) in [5.41, 5.74) is 4.86. The molecule has 0 radical (unpaired) electrons. The van der Waals surface area contributed by atoms with E-state index in [-0.39, 0.29) is 18.0 Å². The topological polar surface area (TPSA) is 63.2 Å². The number of nitrogens with one attached hydrogen (secondary N) is 1. The van der Waals surface area contributed by atoms with Crippen molar-refractivity contribution in [2.75, 3.05) is 19.5 Å². The van der Waals surface area contributed by atoms with E-state index in [9.17, 15) is 4.79 Å². The number of fused-ring (bicyclic) bond motifs is 1. The predicted molar refractivity (Wildman–Crippen MR) is 144 cm³/mol. The lowest BCUT2D eigenvalue weighted by molar-refractivity contribution is 0.188. The normalized spacial score (nSPS) is 20.0. The average Bonchev–Trinajstić information content (AvgIpc) is 3.30. The van der Waals surface area contributed by atoms with Crippen molar-refractivity contribution in [2.24, 2.45) is 11.0 Å². The van der Waals surface area contributed by atoms with E-state index in [4.69, 9.17) is 26.2 Å². The van der Waals surface area contributed by atoms with Crippen LogP contribution in [-0.2, 0) is 0 Å². The van der Waals surface area contributed by atoms with Crippen molar-refractivity contribution in [2.45, 2.75) is 25.3 Å². The number of halogens is 1. The van der Waals surface area contributed by atoms with Crippen LogP contribution in [-0.4, -0.2) is 31.0 Å². The number of hydrazone groups is 1. The highest BCUT2D eigenvalue weighted by molar-refractivity contribution is 6.30. The number of urea groups is 1. The van der Waals surface area contributed by atoms with Gasteiger partial charge in [-0.2, -0.15) is 5.10 Å². The van der Waals surface area contributed by atoms with E-state index in [0.29, 0.717) is 10.7 Å². The fraction of sp³-hybridized carbons (Fsp3) is 0.241. The third kappa shape index (κ3) is 4.95. The van der Waals surface area contributed by atoms with Gasteiger partial charge in [0.1, 0.15) is 11.5 Å². The summed E-state index contributed by atoms with van der Waals surface area (Å²) in [5.74, 6) is 1.69. The fourth-order valence-corrected chi connectivity index (χ4v) is 5.14. The van der Waals surface area contributed by atoms with E-state index >= 15 is 0 Å². The van der Waals surface area contributed by atoms with Crippen molar-refractivity contribution in [1.82, 2.24) is 5.01 Å². The molecule has 0 unspecified atom stereocenters. The van der Waals surface area contributed by atoms with Gasteiger partial charge in [0, 0.05) is 16.6 Å². The van der Waals surface area contributed by atoms with Gasteiger partial charge in [-0.1, -0.05) is 41.9 Å². The summed E-state index contributed by atoms with van der Waals surface area (Å²) in [6, 6.07) is 22.5. The highest BCUT2D eigenvalue weighted by atomic mass is 35.5. The Kier molecular flexibility index (Phi) is 6.96. The molecular weight excluding hydrogens is 474 g/mol. The number of allylic oxidation sites excluding steroid dienone is 1. The SMILES string of the molecule is COc1ccc(/C=C2/CCC[C@H]3C2=NN(C(=O)Nc2cccc(Cl)c2)[C@@H]3c2ccc(OC)cc2)cc1. The number of anilines is 1. The molecule has 2 amide bonds. The number of carbonyl (C=O) groups excluding carboxylic acids is 1. The first-order valence-corrected chi connectivity index (χ1v) is 12.4. The summed E-state index contributed by atoms with van der Waals surface area (Å²) in [4.78, 5) is 13.5. The molecule has 3 aromatic rings. The third-order valence-electron chi connectivity index (χ3n) is 6.70. The number of carbonyl (C=O) groups is 1. The maximum absolute atomic E-state index is 13.5. The Labute approximate surface area is 216 Å². The largest absolute Gasteiger partial charge is 0.497 e. The second-order valence-electron chi connectivity index (χ2n) is 8.93. The van der Waals surface area contributed by atoms with E-state index < -0.39 is 0 Å². The molecule has 2 aliphatic rings. The van der Waals surface area contributed by atoms with Crippen molar-refractivity contribution in [3.8, 4) is 11.5 Å². The number of hydrogen-bond donors (Lipinski definition) is 1. The Morgan fingerprint density at radius 2 is 1.72 bits per heavy atom. The molecule has 1 aliphatic heterocycles. The van der Waals surface area contributed by atoms with Crippen LogP contribution in [0.15, 0.2) is 83.5 Å². The quantitative estimate of drug-likeness (QED) is 0.402. The molecule has 0 saturated heterocycles. The first-order valence-electron chi connectivity index (χ1n) is 12.0. The van der Waals surface area contributed by atoms with Crippen molar-refractivity contribution in [3.63, 3.8) is 0 Å². The highest BCUT2D eigenvalue weighted by Gasteiger charge is 2.43. The van der Waals surface area contributed by atoms with Gasteiger partial charge in [0.2, 0.25) is 0 Å². The molecule has 7 heteroatoms. The Bertz CT molecular complexity index is 1300. The molecule has 1 fully saturated rings. The van der Waals surface area contributed by atoms with Crippen LogP contribution in [0.3, 0.4) is 0 Å². The number of rotatable bonds is 5. The second-order valence-corrected chi connectivity index (χ2v) is 9.37. The van der Waals surface area contributed by atoms with Crippen LogP contribution in [0.4, 0.5) is 10.5 Å². The first kappa shape index (κ1) is 23.9. The summed E-state index contributed by atoms with van der Waals surface area (Å²) in [6.45, 7) is 0. The zero-order valence-electron chi connectivity index (χ0n) is 20.3. The van der Waals surface area contributed by atoms with E-state index in [1.807, 2.05) is 60.7 Å². The molecule has 2 atom stereocenters. The van der Waals surface area contributed by atoms with E-state index in [2.05, 4.69) is 11.4 Å². The van der Waals surface area contributed by atoms with E-state index in [1.165, 1.54) is 0 Å². The number of methoxy groups -OCH3 is 2. The Morgan fingerprint density at radius 1 is 1.03 bits per heavy atom. The van der Waals surface area contributed by atoms with Gasteiger partial charge >= 0.3 is 6.03 Å². The number of amides is 2. The molecule has 3 aromatic carbocycles. The smallest absolute Gasteiger partial charge is 0.342 e. The maximum Gasteiger partial charge on any atom is 0.342 e. The first-order chi connectivity index (χ1) is 17.6. The van der Waals surface area contributed by atoms with E-state index in [0.717, 1.165) is 53.2 Å². The van der Waals surface area contributed by atoms with Crippen LogP contribution < -0.4 is 14.8 Å². The van der Waals surface area contributed by atoms with E-state index in [1.54, 1.807) is 31.4 Å². The number of benzene rings is 3. The number of nitrogens with zero attached hydrogens (tertiary/aromatic N) is 2. The molecule has 6 nitrogen and oxygen atoms in total. The molecule has 36 heavy (non-hydrogen) atoms. The van der Waals surface area contributed by atoms with Crippen molar-refractivity contribution in [1.29, 1.82) is 0 Å². The zero-order chi connectivity index (χ0) is 25.1. The number of hydrogen-bond acceptors (Lipinski definition) is 4. The molecule has 5 rings (SSSR count). The fourth-order valence-electron chi connectivity index (χ4n) is 4.95. The zero-order valence-corrected chi connectivity index (χ0v) is 21.0. The lowest BCUT2D eigenvalue weighted by Crippen LogP contribution is -2.34. The molecule has 0 bridgehead atoms. The van der Waals surface area contributed by atoms with Crippen LogP contribution in [0.25, 0.3) is 6.08 Å². The van der Waals surface area contributed by atoms with Gasteiger partial charge < -0.3 is 14.8 Å². The van der Waals surface area contributed by atoms with Crippen molar-refractivity contribution in [3.05, 3.63) is 94.5 Å². The van der Waals surface area contributed by atoms with Crippen molar-refractivity contribution < 1.29 is 14.3 Å².